The van der Waals surface area contributed by atoms with Crippen LogP contribution >= 0.6 is 0 Å². The number of rotatable bonds is 5. The minimum atomic E-state index is -0.621. The molecule has 154 valence electrons. The van der Waals surface area contributed by atoms with Crippen LogP contribution in [0.4, 0.5) is 0 Å². The van der Waals surface area contributed by atoms with E-state index in [0.717, 1.165) is 11.1 Å². The summed E-state index contributed by atoms with van der Waals surface area (Å²) in [5, 5.41) is 22.1. The Morgan fingerprint density at radius 3 is 2.03 bits per heavy atom. The number of benzene rings is 2. The van der Waals surface area contributed by atoms with Gasteiger partial charge in [-0.25, -0.2) is 0 Å². The van der Waals surface area contributed by atoms with E-state index in [1.807, 2.05) is 65.7 Å². The predicted molar refractivity (Wildman–Crippen MR) is 113 cm³/mol. The van der Waals surface area contributed by atoms with E-state index in [0.29, 0.717) is 0 Å². The number of aromatic hydroxyl groups is 1. The van der Waals surface area contributed by atoms with Crippen LogP contribution in [-0.2, 0) is 0 Å². The maximum atomic E-state index is 13.1. The number of nitrogens with zero attached hydrogens (tertiary/aromatic N) is 3. The van der Waals surface area contributed by atoms with Crippen molar-refractivity contribution in [2.45, 2.75) is 19.0 Å². The Labute approximate surface area is 174 Å². The smallest absolute Gasteiger partial charge is 0.278 e. The van der Waals surface area contributed by atoms with Crippen LogP contribution in [0.25, 0.3) is 0 Å². The van der Waals surface area contributed by atoms with Gasteiger partial charge in [-0.1, -0.05) is 60.7 Å². The fourth-order valence-electron chi connectivity index (χ4n) is 3.81. The maximum absolute atomic E-state index is 13.1. The van der Waals surface area contributed by atoms with Crippen LogP contribution in [0.1, 0.15) is 34.6 Å². The first-order valence-corrected chi connectivity index (χ1v) is 9.76. The van der Waals surface area contributed by atoms with Crippen LogP contribution in [0.3, 0.4) is 0 Å². The fourth-order valence-corrected chi connectivity index (χ4v) is 3.81. The number of carbonyl (C=O) groups is 1. The van der Waals surface area contributed by atoms with Crippen LogP contribution in [0, 0.1) is 0 Å². The molecule has 2 aromatic carbocycles. The second-order valence-electron chi connectivity index (χ2n) is 7.33. The van der Waals surface area contributed by atoms with Gasteiger partial charge in [-0.2, -0.15) is 0 Å². The quantitative estimate of drug-likeness (QED) is 0.679. The number of aromatic nitrogens is 1. The summed E-state index contributed by atoms with van der Waals surface area (Å²) in [7, 11) is 0. The molecule has 1 aliphatic heterocycles. The van der Waals surface area contributed by atoms with E-state index >= 15 is 0 Å². The van der Waals surface area contributed by atoms with Gasteiger partial charge in [0.1, 0.15) is 6.67 Å². The summed E-state index contributed by atoms with van der Waals surface area (Å²) >= 11 is 0. The number of fused-ring (bicyclic) bond motifs is 1. The zero-order valence-corrected chi connectivity index (χ0v) is 16.5. The molecular formula is C23H23N3O4. The monoisotopic (exact) mass is 405 g/mol. The molecule has 0 aliphatic carbocycles. The molecule has 2 heterocycles. The maximum Gasteiger partial charge on any atom is 0.278 e. The summed E-state index contributed by atoms with van der Waals surface area (Å²) in [6.07, 6.45) is 1.51. The van der Waals surface area contributed by atoms with E-state index in [4.69, 9.17) is 0 Å². The topological polar surface area (TPSA) is 86.0 Å². The van der Waals surface area contributed by atoms with Crippen LogP contribution in [0.15, 0.2) is 77.7 Å². The first-order valence-electron chi connectivity index (χ1n) is 9.76. The molecule has 2 N–H and O–H groups in total. The molecule has 7 heteroatoms. The third-order valence-corrected chi connectivity index (χ3v) is 5.42. The van der Waals surface area contributed by atoms with E-state index in [1.165, 1.54) is 17.2 Å². The van der Waals surface area contributed by atoms with Gasteiger partial charge in [0.05, 0.1) is 18.7 Å². The normalized spacial score (nSPS) is 14.7. The Morgan fingerprint density at radius 2 is 1.50 bits per heavy atom. The van der Waals surface area contributed by atoms with Crippen molar-refractivity contribution < 1.29 is 15.0 Å². The minimum absolute atomic E-state index is 0.106. The van der Waals surface area contributed by atoms with Crippen LogP contribution in [-0.4, -0.2) is 45.0 Å². The van der Waals surface area contributed by atoms with Gasteiger partial charge in [0.2, 0.25) is 5.43 Å². The molecular weight excluding hydrogens is 382 g/mol. The van der Waals surface area contributed by atoms with Gasteiger partial charge in [-0.05, 0) is 18.1 Å². The SMILES string of the molecule is CC(CO)N1CN(C(c2ccccc2)c2ccccc2)n2ccc(=O)c(O)c2C1=O. The number of hydrogen-bond donors (Lipinski definition) is 2. The molecule has 0 fully saturated rings. The van der Waals surface area contributed by atoms with Gasteiger partial charge in [0.25, 0.3) is 5.91 Å². The summed E-state index contributed by atoms with van der Waals surface area (Å²) < 4.78 is 1.55. The largest absolute Gasteiger partial charge is 0.502 e. The number of aliphatic hydroxyl groups excluding tert-OH is 1. The second-order valence-corrected chi connectivity index (χ2v) is 7.33. The summed E-state index contributed by atoms with van der Waals surface area (Å²) in [4.78, 5) is 26.7. The highest BCUT2D eigenvalue weighted by atomic mass is 16.3. The molecule has 1 amide bonds. The lowest BCUT2D eigenvalue weighted by Gasteiger charge is -2.45. The highest BCUT2D eigenvalue weighted by Gasteiger charge is 2.38. The molecule has 0 saturated carbocycles. The number of carbonyl (C=O) groups excluding carboxylic acids is 1. The molecule has 4 rings (SSSR count). The van der Waals surface area contributed by atoms with E-state index in [9.17, 15) is 19.8 Å². The first-order chi connectivity index (χ1) is 14.5. The zero-order valence-electron chi connectivity index (χ0n) is 16.5. The van der Waals surface area contributed by atoms with Crippen molar-refractivity contribution in [3.8, 4) is 5.75 Å². The standard InChI is InChI=1S/C23H23N3O4/c1-16(14-27)24-15-26(25-13-12-19(28)22(29)21(25)23(24)30)20(17-8-4-2-5-9-17)18-10-6-3-7-11-18/h2-13,16,20,27,29H,14-15H2,1H3. The second kappa shape index (κ2) is 8.04. The average molecular weight is 405 g/mol. The van der Waals surface area contributed by atoms with Crippen molar-refractivity contribution in [3.63, 3.8) is 0 Å². The summed E-state index contributed by atoms with van der Waals surface area (Å²) in [6, 6.07) is 20.1. The van der Waals surface area contributed by atoms with E-state index in [-0.39, 0.29) is 25.0 Å². The molecule has 0 spiro atoms. The molecule has 0 saturated heterocycles. The third kappa shape index (κ3) is 3.33. The molecule has 0 radical (unpaired) electrons. The van der Waals surface area contributed by atoms with E-state index in [2.05, 4.69) is 0 Å². The molecule has 3 aromatic rings. The minimum Gasteiger partial charge on any atom is -0.502 e. The first kappa shape index (κ1) is 19.7. The number of amides is 1. The summed E-state index contributed by atoms with van der Waals surface area (Å²) in [5.74, 6) is -1.09. The molecule has 30 heavy (non-hydrogen) atoms. The van der Waals surface area contributed by atoms with Gasteiger partial charge < -0.3 is 15.1 Å². The molecule has 7 nitrogen and oxygen atoms in total. The molecule has 1 unspecified atom stereocenters. The Kier molecular flexibility index (Phi) is 5.29. The summed E-state index contributed by atoms with van der Waals surface area (Å²) in [6.45, 7) is 1.66. The Balaban J connectivity index is 1.95. The lowest BCUT2D eigenvalue weighted by Crippen LogP contribution is -2.58. The van der Waals surface area contributed by atoms with Crippen molar-refractivity contribution in [1.29, 1.82) is 0 Å². The van der Waals surface area contributed by atoms with Gasteiger partial charge in [0, 0.05) is 12.3 Å². The lowest BCUT2D eigenvalue weighted by atomic mass is 9.98. The van der Waals surface area contributed by atoms with Crippen LogP contribution < -0.4 is 10.4 Å². The molecule has 1 aliphatic rings. The summed E-state index contributed by atoms with van der Waals surface area (Å²) in [5.41, 5.74) is 1.24. The van der Waals surface area contributed by atoms with Gasteiger partial charge in [-0.15, -0.1) is 0 Å². The van der Waals surface area contributed by atoms with Crippen molar-refractivity contribution in [3.05, 3.63) is 100.0 Å². The van der Waals surface area contributed by atoms with Crippen molar-refractivity contribution in [2.75, 3.05) is 18.3 Å². The van der Waals surface area contributed by atoms with Crippen molar-refractivity contribution in [1.82, 2.24) is 9.58 Å². The lowest BCUT2D eigenvalue weighted by molar-refractivity contribution is 0.0526. The number of pyridine rings is 1. The molecule has 1 atom stereocenters. The Hall–Kier alpha value is -3.58. The van der Waals surface area contributed by atoms with Crippen LogP contribution in [0.2, 0.25) is 0 Å². The number of hydrogen-bond acceptors (Lipinski definition) is 5. The molecule has 0 bridgehead atoms. The van der Waals surface area contributed by atoms with E-state index < -0.39 is 23.1 Å². The van der Waals surface area contributed by atoms with E-state index in [1.54, 1.807) is 11.6 Å². The highest BCUT2D eigenvalue weighted by Crippen LogP contribution is 2.32. The molecule has 1 aromatic heterocycles. The predicted octanol–water partition coefficient (Wildman–Crippen LogP) is 2.08. The number of aliphatic hydroxyl groups is 1. The van der Waals surface area contributed by atoms with Gasteiger partial charge in [0.15, 0.2) is 11.4 Å². The Bertz CT molecular complexity index is 1060. The van der Waals surface area contributed by atoms with Gasteiger partial charge >= 0.3 is 0 Å². The van der Waals surface area contributed by atoms with Gasteiger partial charge in [-0.3, -0.25) is 19.3 Å². The Morgan fingerprint density at radius 1 is 0.933 bits per heavy atom. The fraction of sp³-hybridized carbons (Fsp3) is 0.217. The van der Waals surface area contributed by atoms with Crippen molar-refractivity contribution >= 4 is 5.91 Å². The average Bonchev–Trinajstić information content (AvgIpc) is 2.78. The van der Waals surface area contributed by atoms with Crippen LogP contribution in [0.5, 0.6) is 5.75 Å². The van der Waals surface area contributed by atoms with Crippen molar-refractivity contribution in [2.24, 2.45) is 0 Å². The highest BCUT2D eigenvalue weighted by molar-refractivity contribution is 5.96. The third-order valence-electron chi connectivity index (χ3n) is 5.42. The zero-order chi connectivity index (χ0) is 21.3.